The monoisotopic (exact) mass is 544 g/mol. The van der Waals surface area contributed by atoms with Gasteiger partial charge in [-0.25, -0.2) is 0 Å². The Morgan fingerprint density at radius 1 is 1.08 bits per heavy atom. The van der Waals surface area contributed by atoms with Crippen LogP contribution in [0.5, 0.6) is 5.75 Å². The maximum Gasteiger partial charge on any atom is 0.311 e. The van der Waals surface area contributed by atoms with Crippen LogP contribution in [0.3, 0.4) is 0 Å². The van der Waals surface area contributed by atoms with E-state index in [2.05, 4.69) is 11.8 Å². The Hall–Kier alpha value is -3.29. The second kappa shape index (κ2) is 13.3. The fourth-order valence-electron chi connectivity index (χ4n) is 4.61. The number of benzene rings is 3. The highest BCUT2D eigenvalue weighted by Gasteiger charge is 2.26. The lowest BCUT2D eigenvalue weighted by Crippen LogP contribution is -2.30. The van der Waals surface area contributed by atoms with Gasteiger partial charge in [0.25, 0.3) is 0 Å². The molecule has 2 atom stereocenters. The molecule has 198 valence electrons. The minimum absolute atomic E-state index is 0. The number of hydrogen-bond acceptors (Lipinski definition) is 4. The van der Waals surface area contributed by atoms with E-state index in [1.165, 1.54) is 0 Å². The second-order valence-electron chi connectivity index (χ2n) is 9.15. The number of carboxylic acid groups (broad SMARTS) is 1. The Kier molecular flexibility index (Phi) is 10.8. The van der Waals surface area contributed by atoms with Gasteiger partial charge < -0.3 is 20.5 Å². The molecule has 1 heterocycles. The van der Waals surface area contributed by atoms with Crippen molar-refractivity contribution >= 4 is 53.2 Å². The molecule has 1 saturated heterocycles. The highest BCUT2D eigenvalue weighted by Crippen LogP contribution is 2.27. The predicted molar refractivity (Wildman–Crippen MR) is 153 cm³/mol. The molecule has 0 aliphatic carbocycles. The van der Waals surface area contributed by atoms with Crippen molar-refractivity contribution in [1.82, 2.24) is 4.90 Å². The van der Waals surface area contributed by atoms with Gasteiger partial charge in [0, 0.05) is 24.9 Å². The van der Waals surface area contributed by atoms with Gasteiger partial charge in [0.2, 0.25) is 0 Å². The highest BCUT2D eigenvalue weighted by molar-refractivity contribution is 5.99. The molecule has 1 unspecified atom stereocenters. The maximum atomic E-state index is 12.1. The summed E-state index contributed by atoms with van der Waals surface area (Å²) < 4.78 is 6.11. The van der Waals surface area contributed by atoms with Crippen molar-refractivity contribution < 1.29 is 14.6 Å². The van der Waals surface area contributed by atoms with Gasteiger partial charge >= 0.3 is 5.97 Å². The number of nitrogen functional groups attached to an aromatic ring is 1. The molecule has 7 nitrogen and oxygen atoms in total. The van der Waals surface area contributed by atoms with E-state index in [0.29, 0.717) is 30.1 Å². The molecular formula is C28H34Cl2N4O3. The van der Waals surface area contributed by atoms with E-state index >= 15 is 0 Å². The average molecular weight is 546 g/mol. The normalized spacial score (nSPS) is 15.4. The first kappa shape index (κ1) is 29.9. The van der Waals surface area contributed by atoms with Gasteiger partial charge in [-0.3, -0.25) is 15.6 Å². The molecule has 1 aliphatic heterocycles. The van der Waals surface area contributed by atoms with Crippen LogP contribution >= 0.6 is 24.8 Å². The molecule has 1 aliphatic rings. The second-order valence-corrected chi connectivity index (χ2v) is 9.15. The van der Waals surface area contributed by atoms with Crippen LogP contribution in [0.15, 0.2) is 60.7 Å². The summed E-state index contributed by atoms with van der Waals surface area (Å²) >= 11 is 0. The number of hydrogen-bond donors (Lipinski definition) is 4. The number of nitrogens with one attached hydrogen (secondary N) is 2. The number of nitrogens with two attached hydrogens (primary N) is 1. The van der Waals surface area contributed by atoms with Crippen LogP contribution in [0.25, 0.3) is 10.8 Å². The molecule has 5 N–H and O–H groups in total. The molecule has 4 rings (SSSR count). The van der Waals surface area contributed by atoms with E-state index in [4.69, 9.17) is 21.3 Å². The van der Waals surface area contributed by atoms with Crippen molar-refractivity contribution in [3.8, 4) is 5.75 Å². The number of likely N-dealkylation sites (tertiary alicyclic amines) is 1. The molecular weight excluding hydrogens is 511 g/mol. The number of halogens is 2. The minimum Gasteiger partial charge on any atom is -0.489 e. The maximum absolute atomic E-state index is 12.1. The zero-order chi connectivity index (χ0) is 24.9. The van der Waals surface area contributed by atoms with E-state index in [9.17, 15) is 9.90 Å². The standard InChI is InChI=1S/C28H32N4O3.2ClH/c1-2-3-26(29)32-13-12-24(17-32)35-23-10-8-20(9-11-23)25(28(33)34)15-18-4-5-19-6-7-21(27(30)31)16-22(19)14-18;;/h4-11,14,16,24-25,29H,2-3,12-13,15,17H2,1H3,(H3,30,31)(H,33,34);2*1H/t24-,25?;;/m0../s1. The molecule has 3 aromatic carbocycles. The van der Waals surface area contributed by atoms with Gasteiger partial charge in [-0.1, -0.05) is 49.4 Å². The van der Waals surface area contributed by atoms with Crippen molar-refractivity contribution in [3.63, 3.8) is 0 Å². The van der Waals surface area contributed by atoms with E-state index in [0.717, 1.165) is 47.7 Å². The summed E-state index contributed by atoms with van der Waals surface area (Å²) in [5.74, 6) is -0.169. The molecule has 0 aromatic heterocycles. The summed E-state index contributed by atoms with van der Waals surface area (Å²) in [5.41, 5.74) is 7.90. The van der Waals surface area contributed by atoms with E-state index < -0.39 is 11.9 Å². The topological polar surface area (TPSA) is 123 Å². The Morgan fingerprint density at radius 2 is 1.78 bits per heavy atom. The zero-order valence-electron chi connectivity index (χ0n) is 20.8. The summed E-state index contributed by atoms with van der Waals surface area (Å²) in [5, 5.41) is 27.7. The van der Waals surface area contributed by atoms with Gasteiger partial charge in [0.15, 0.2) is 0 Å². The van der Waals surface area contributed by atoms with Crippen LogP contribution in [-0.2, 0) is 11.2 Å². The highest BCUT2D eigenvalue weighted by atomic mass is 35.5. The van der Waals surface area contributed by atoms with Gasteiger partial charge in [-0.2, -0.15) is 0 Å². The van der Waals surface area contributed by atoms with E-state index in [1.807, 2.05) is 60.7 Å². The van der Waals surface area contributed by atoms with Crippen LogP contribution < -0.4 is 10.5 Å². The van der Waals surface area contributed by atoms with Crippen LogP contribution in [0.2, 0.25) is 0 Å². The number of aliphatic carboxylic acids is 1. The van der Waals surface area contributed by atoms with Crippen molar-refractivity contribution in [2.45, 2.75) is 44.6 Å². The van der Waals surface area contributed by atoms with Crippen molar-refractivity contribution in [3.05, 3.63) is 77.4 Å². The predicted octanol–water partition coefficient (Wildman–Crippen LogP) is 5.61. The lowest BCUT2D eigenvalue weighted by Gasteiger charge is -2.19. The molecule has 37 heavy (non-hydrogen) atoms. The van der Waals surface area contributed by atoms with Crippen molar-refractivity contribution in [1.29, 1.82) is 10.8 Å². The molecule has 3 aromatic rings. The third kappa shape index (κ3) is 7.37. The lowest BCUT2D eigenvalue weighted by atomic mass is 9.91. The molecule has 1 fully saturated rings. The number of rotatable bonds is 9. The zero-order valence-corrected chi connectivity index (χ0v) is 22.4. The van der Waals surface area contributed by atoms with Gasteiger partial charge in [0.1, 0.15) is 17.7 Å². The third-order valence-electron chi connectivity index (χ3n) is 6.55. The Balaban J connectivity index is 0.00000241. The average Bonchev–Trinajstić information content (AvgIpc) is 3.31. The lowest BCUT2D eigenvalue weighted by molar-refractivity contribution is -0.138. The summed E-state index contributed by atoms with van der Waals surface area (Å²) in [6.45, 7) is 3.63. The number of carboxylic acids is 1. The van der Waals surface area contributed by atoms with Crippen LogP contribution in [-0.4, -0.2) is 46.8 Å². The van der Waals surface area contributed by atoms with Crippen LogP contribution in [0.1, 0.15) is 48.8 Å². The molecule has 0 radical (unpaired) electrons. The molecule has 0 amide bonds. The fraction of sp³-hybridized carbons (Fsp3) is 0.321. The fourth-order valence-corrected chi connectivity index (χ4v) is 4.61. The Bertz CT molecular complexity index is 1250. The number of carbonyl (C=O) groups is 1. The number of amidine groups is 2. The number of nitrogens with zero attached hydrogens (tertiary/aromatic N) is 1. The van der Waals surface area contributed by atoms with E-state index in [1.54, 1.807) is 0 Å². The van der Waals surface area contributed by atoms with Gasteiger partial charge in [0.05, 0.1) is 18.3 Å². The summed E-state index contributed by atoms with van der Waals surface area (Å²) in [7, 11) is 0. The largest absolute Gasteiger partial charge is 0.489 e. The van der Waals surface area contributed by atoms with Crippen LogP contribution in [0.4, 0.5) is 0 Å². The van der Waals surface area contributed by atoms with Gasteiger partial charge in [-0.15, -0.1) is 24.8 Å². The first-order valence-electron chi connectivity index (χ1n) is 12.0. The molecule has 0 spiro atoms. The Morgan fingerprint density at radius 3 is 2.43 bits per heavy atom. The first-order chi connectivity index (χ1) is 16.8. The molecule has 9 heteroatoms. The summed E-state index contributed by atoms with van der Waals surface area (Å²) in [4.78, 5) is 14.2. The van der Waals surface area contributed by atoms with Crippen LogP contribution in [0, 0.1) is 10.8 Å². The number of ether oxygens (including phenoxy) is 1. The summed E-state index contributed by atoms with van der Waals surface area (Å²) in [6, 6.07) is 18.8. The first-order valence-corrected chi connectivity index (χ1v) is 12.0. The third-order valence-corrected chi connectivity index (χ3v) is 6.55. The van der Waals surface area contributed by atoms with Crippen molar-refractivity contribution in [2.24, 2.45) is 5.73 Å². The Labute approximate surface area is 229 Å². The molecule has 0 saturated carbocycles. The van der Waals surface area contributed by atoms with E-state index in [-0.39, 0.29) is 36.8 Å². The van der Waals surface area contributed by atoms with Gasteiger partial charge in [-0.05, 0) is 52.9 Å². The number of fused-ring (bicyclic) bond motifs is 1. The smallest absolute Gasteiger partial charge is 0.311 e. The SMILES string of the molecule is CCCC(=N)N1CC[C@H](Oc2ccc(C(Cc3ccc4ccc(C(=N)N)cc4c3)C(=O)O)cc2)C1.Cl.Cl. The summed E-state index contributed by atoms with van der Waals surface area (Å²) in [6.07, 6.45) is 3.01. The molecule has 0 bridgehead atoms. The van der Waals surface area contributed by atoms with Crippen molar-refractivity contribution in [2.75, 3.05) is 13.1 Å². The minimum atomic E-state index is -0.878. The quantitative estimate of drug-likeness (QED) is 0.206.